The molecule has 0 spiro atoms. The van der Waals surface area contributed by atoms with E-state index in [0.717, 1.165) is 16.0 Å². The minimum absolute atomic E-state index is 0.155. The van der Waals surface area contributed by atoms with Crippen molar-refractivity contribution in [3.05, 3.63) is 57.9 Å². The average molecular weight is 371 g/mol. The number of thiophene rings is 1. The fraction of sp³-hybridized carbons (Fsp3) is 0.316. The van der Waals surface area contributed by atoms with Crippen molar-refractivity contribution in [2.45, 2.75) is 26.3 Å². The maximum atomic E-state index is 12.8. The van der Waals surface area contributed by atoms with Gasteiger partial charge >= 0.3 is 0 Å². The molecule has 3 rings (SSSR count). The van der Waals surface area contributed by atoms with E-state index >= 15 is 0 Å². The summed E-state index contributed by atoms with van der Waals surface area (Å²) in [5.41, 5.74) is 2.65. The summed E-state index contributed by atoms with van der Waals surface area (Å²) in [6.45, 7) is 4.37. The van der Waals surface area contributed by atoms with E-state index in [4.69, 9.17) is 9.26 Å². The van der Waals surface area contributed by atoms with Gasteiger partial charge in [-0.1, -0.05) is 35.5 Å². The van der Waals surface area contributed by atoms with E-state index in [-0.39, 0.29) is 11.9 Å². The van der Waals surface area contributed by atoms with Gasteiger partial charge in [-0.2, -0.15) is 4.98 Å². The van der Waals surface area contributed by atoms with Crippen LogP contribution >= 0.6 is 11.3 Å². The van der Waals surface area contributed by atoms with E-state index in [0.29, 0.717) is 30.3 Å². The molecule has 0 fully saturated rings. The summed E-state index contributed by atoms with van der Waals surface area (Å²) in [4.78, 5) is 18.2. The van der Waals surface area contributed by atoms with Crippen molar-refractivity contribution in [3.63, 3.8) is 0 Å². The zero-order valence-corrected chi connectivity index (χ0v) is 15.8. The number of nitrogens with one attached hydrogen (secondary N) is 1. The first-order chi connectivity index (χ1) is 12.6. The van der Waals surface area contributed by atoms with Gasteiger partial charge in [0.05, 0.1) is 12.2 Å². The minimum atomic E-state index is -0.380. The number of ether oxygens (including phenoxy) is 1. The van der Waals surface area contributed by atoms with Crippen molar-refractivity contribution >= 4 is 17.2 Å². The Morgan fingerprint density at radius 3 is 2.85 bits per heavy atom. The molecular formula is C19H21N3O3S. The fourth-order valence-corrected chi connectivity index (χ4v) is 3.53. The van der Waals surface area contributed by atoms with Gasteiger partial charge in [-0.25, -0.2) is 0 Å². The second kappa shape index (κ2) is 8.25. The third-order valence-electron chi connectivity index (χ3n) is 4.01. The first kappa shape index (κ1) is 18.3. The molecule has 0 saturated heterocycles. The maximum Gasteiger partial charge on any atom is 0.253 e. The van der Waals surface area contributed by atoms with Crippen LogP contribution in [0.1, 0.15) is 39.9 Å². The number of carbonyl (C=O) groups is 1. The summed E-state index contributed by atoms with van der Waals surface area (Å²) in [5.74, 6) is 0.800. The molecule has 0 aliphatic carbocycles. The van der Waals surface area contributed by atoms with Crippen LogP contribution in [0.3, 0.4) is 0 Å². The monoisotopic (exact) mass is 371 g/mol. The zero-order chi connectivity index (χ0) is 18.5. The molecule has 0 saturated carbocycles. The summed E-state index contributed by atoms with van der Waals surface area (Å²) in [7, 11) is 1.62. The standard InChI is InChI=1S/C19H21N3O3S/c1-12(19-21-16(22-25-19)9-10-24-3)20-18(23)15-11-26-13(2)17(15)14-7-5-4-6-8-14/h4-8,11-12H,9-10H2,1-3H3,(H,20,23)/t12-/m1/s1. The van der Waals surface area contributed by atoms with Crippen molar-refractivity contribution < 1.29 is 14.1 Å². The predicted molar refractivity (Wildman–Crippen MR) is 100 cm³/mol. The van der Waals surface area contributed by atoms with Crippen LogP contribution in [-0.4, -0.2) is 29.8 Å². The molecule has 2 heterocycles. The number of amides is 1. The van der Waals surface area contributed by atoms with Gasteiger partial charge in [0.25, 0.3) is 5.91 Å². The average Bonchev–Trinajstić information content (AvgIpc) is 3.27. The summed E-state index contributed by atoms with van der Waals surface area (Å²) in [6, 6.07) is 9.54. The molecule has 0 aliphatic heterocycles. The molecular weight excluding hydrogens is 350 g/mol. The van der Waals surface area contributed by atoms with E-state index in [1.807, 2.05) is 49.6 Å². The summed E-state index contributed by atoms with van der Waals surface area (Å²) in [6.07, 6.45) is 0.572. The number of hydrogen-bond acceptors (Lipinski definition) is 6. The van der Waals surface area contributed by atoms with Crippen LogP contribution in [0.5, 0.6) is 0 Å². The van der Waals surface area contributed by atoms with Crippen LogP contribution in [-0.2, 0) is 11.2 Å². The first-order valence-electron chi connectivity index (χ1n) is 8.36. The third kappa shape index (κ3) is 4.00. The Labute approximate surface area is 156 Å². The van der Waals surface area contributed by atoms with Gasteiger partial charge in [0.2, 0.25) is 5.89 Å². The Bertz CT molecular complexity index is 873. The molecule has 3 aromatic rings. The van der Waals surface area contributed by atoms with Crippen LogP contribution in [0.25, 0.3) is 11.1 Å². The highest BCUT2D eigenvalue weighted by Gasteiger charge is 2.21. The SMILES string of the molecule is COCCc1noc([C@@H](C)NC(=O)c2csc(C)c2-c2ccccc2)n1. The molecule has 0 radical (unpaired) electrons. The van der Waals surface area contributed by atoms with E-state index in [1.54, 1.807) is 18.4 Å². The lowest BCUT2D eigenvalue weighted by Gasteiger charge is -2.11. The molecule has 1 aromatic carbocycles. The van der Waals surface area contributed by atoms with Gasteiger partial charge in [-0.05, 0) is 19.4 Å². The van der Waals surface area contributed by atoms with Crippen LogP contribution < -0.4 is 5.32 Å². The van der Waals surface area contributed by atoms with Gasteiger partial charge in [0, 0.05) is 29.4 Å². The Balaban J connectivity index is 1.75. The van der Waals surface area contributed by atoms with E-state index in [1.165, 1.54) is 0 Å². The van der Waals surface area contributed by atoms with Gasteiger partial charge in [0.1, 0.15) is 6.04 Å². The van der Waals surface area contributed by atoms with Gasteiger partial charge in [-0.3, -0.25) is 4.79 Å². The summed E-state index contributed by atoms with van der Waals surface area (Å²) in [5, 5.41) is 8.74. The van der Waals surface area contributed by atoms with Crippen LogP contribution in [0.4, 0.5) is 0 Å². The van der Waals surface area contributed by atoms with Crippen LogP contribution in [0, 0.1) is 6.92 Å². The minimum Gasteiger partial charge on any atom is -0.384 e. The van der Waals surface area contributed by atoms with Crippen molar-refractivity contribution in [3.8, 4) is 11.1 Å². The second-order valence-electron chi connectivity index (χ2n) is 5.93. The highest BCUT2D eigenvalue weighted by molar-refractivity contribution is 7.10. The molecule has 26 heavy (non-hydrogen) atoms. The number of hydrogen-bond donors (Lipinski definition) is 1. The lowest BCUT2D eigenvalue weighted by Crippen LogP contribution is -2.27. The Morgan fingerprint density at radius 1 is 1.35 bits per heavy atom. The molecule has 7 heteroatoms. The highest BCUT2D eigenvalue weighted by Crippen LogP contribution is 2.32. The summed E-state index contributed by atoms with van der Waals surface area (Å²) >= 11 is 1.56. The zero-order valence-electron chi connectivity index (χ0n) is 15.0. The molecule has 1 amide bonds. The highest BCUT2D eigenvalue weighted by atomic mass is 32.1. The largest absolute Gasteiger partial charge is 0.384 e. The van der Waals surface area contributed by atoms with Crippen LogP contribution in [0.15, 0.2) is 40.2 Å². The lowest BCUT2D eigenvalue weighted by atomic mass is 10.0. The number of nitrogens with zero attached hydrogens (tertiary/aromatic N) is 2. The van der Waals surface area contributed by atoms with Gasteiger partial charge in [0.15, 0.2) is 5.82 Å². The number of carbonyl (C=O) groups excluding carboxylic acids is 1. The Morgan fingerprint density at radius 2 is 2.12 bits per heavy atom. The van der Waals surface area contributed by atoms with Crippen molar-refractivity contribution in [2.75, 3.05) is 13.7 Å². The number of aryl methyl sites for hydroxylation is 1. The molecule has 0 aliphatic rings. The number of aromatic nitrogens is 2. The topological polar surface area (TPSA) is 77.3 Å². The molecule has 2 aromatic heterocycles. The maximum absolute atomic E-state index is 12.8. The van der Waals surface area contributed by atoms with Crippen molar-refractivity contribution in [2.24, 2.45) is 0 Å². The second-order valence-corrected chi connectivity index (χ2v) is 7.02. The smallest absolute Gasteiger partial charge is 0.253 e. The quantitative estimate of drug-likeness (QED) is 0.684. The van der Waals surface area contributed by atoms with Crippen molar-refractivity contribution in [1.29, 1.82) is 0 Å². The molecule has 0 bridgehead atoms. The van der Waals surface area contributed by atoms with E-state index in [9.17, 15) is 4.79 Å². The number of rotatable bonds is 7. The van der Waals surface area contributed by atoms with Crippen LogP contribution in [0.2, 0.25) is 0 Å². The number of methoxy groups -OCH3 is 1. The Kier molecular flexibility index (Phi) is 5.80. The molecule has 1 atom stereocenters. The summed E-state index contributed by atoms with van der Waals surface area (Å²) < 4.78 is 10.3. The van der Waals surface area contributed by atoms with E-state index < -0.39 is 0 Å². The lowest BCUT2D eigenvalue weighted by molar-refractivity contribution is 0.0933. The normalized spacial score (nSPS) is 12.1. The fourth-order valence-electron chi connectivity index (χ4n) is 2.66. The van der Waals surface area contributed by atoms with Gasteiger partial charge < -0.3 is 14.6 Å². The third-order valence-corrected chi connectivity index (χ3v) is 4.92. The molecule has 0 unspecified atom stereocenters. The van der Waals surface area contributed by atoms with Crippen molar-refractivity contribution in [1.82, 2.24) is 15.5 Å². The predicted octanol–water partition coefficient (Wildman–Crippen LogP) is 3.79. The molecule has 1 N–H and O–H groups in total. The number of benzene rings is 1. The molecule has 6 nitrogen and oxygen atoms in total. The van der Waals surface area contributed by atoms with Gasteiger partial charge in [-0.15, -0.1) is 11.3 Å². The first-order valence-corrected chi connectivity index (χ1v) is 9.24. The molecule has 136 valence electrons. The Hall–Kier alpha value is -2.51. The van der Waals surface area contributed by atoms with E-state index in [2.05, 4.69) is 15.5 Å².